The predicted molar refractivity (Wildman–Crippen MR) is 72.4 cm³/mol. The standard InChI is InChI=1S/C13H27N3O2/c1-4-8-18-11-6-5-7-16(9-11)10-13(2,15-3)12(14)17/h11,15H,4-10H2,1-3H3,(H2,14,17). The molecule has 2 atom stereocenters. The van der Waals surface area contributed by atoms with E-state index in [1.54, 1.807) is 7.05 Å². The molecule has 1 aliphatic heterocycles. The number of nitrogens with one attached hydrogen (secondary N) is 1. The average Bonchev–Trinajstić information content (AvgIpc) is 2.36. The van der Waals surface area contributed by atoms with Crippen LogP contribution in [0.2, 0.25) is 0 Å². The van der Waals surface area contributed by atoms with Gasteiger partial charge in [0.15, 0.2) is 0 Å². The summed E-state index contributed by atoms with van der Waals surface area (Å²) in [7, 11) is 1.78. The van der Waals surface area contributed by atoms with Gasteiger partial charge in [-0.05, 0) is 39.8 Å². The van der Waals surface area contributed by atoms with E-state index in [0.29, 0.717) is 12.6 Å². The SMILES string of the molecule is CCCOC1CCCN(CC(C)(NC)C(N)=O)C1. The maximum atomic E-state index is 11.5. The number of nitrogens with zero attached hydrogens (tertiary/aromatic N) is 1. The highest BCUT2D eigenvalue weighted by atomic mass is 16.5. The van der Waals surface area contributed by atoms with Crippen LogP contribution in [-0.2, 0) is 9.53 Å². The third-order valence-electron chi connectivity index (χ3n) is 3.66. The third-order valence-corrected chi connectivity index (χ3v) is 3.66. The molecule has 0 spiro atoms. The number of piperidine rings is 1. The molecular weight excluding hydrogens is 230 g/mol. The van der Waals surface area contributed by atoms with Crippen LogP contribution >= 0.6 is 0 Å². The molecule has 0 saturated carbocycles. The zero-order valence-electron chi connectivity index (χ0n) is 11.9. The van der Waals surface area contributed by atoms with Crippen molar-refractivity contribution in [3.63, 3.8) is 0 Å². The van der Waals surface area contributed by atoms with Crippen LogP contribution in [0.3, 0.4) is 0 Å². The van der Waals surface area contributed by atoms with Crippen LogP contribution in [0.4, 0.5) is 0 Å². The molecule has 2 unspecified atom stereocenters. The first kappa shape index (κ1) is 15.4. The number of amides is 1. The molecule has 5 heteroatoms. The molecule has 0 aliphatic carbocycles. The highest BCUT2D eigenvalue weighted by Crippen LogP contribution is 2.16. The van der Waals surface area contributed by atoms with Gasteiger partial charge < -0.3 is 15.8 Å². The van der Waals surface area contributed by atoms with E-state index in [4.69, 9.17) is 10.5 Å². The summed E-state index contributed by atoms with van der Waals surface area (Å²) in [6, 6.07) is 0. The summed E-state index contributed by atoms with van der Waals surface area (Å²) >= 11 is 0. The molecule has 1 amide bonds. The van der Waals surface area contributed by atoms with E-state index in [0.717, 1.165) is 39.0 Å². The van der Waals surface area contributed by atoms with Gasteiger partial charge in [-0.25, -0.2) is 0 Å². The van der Waals surface area contributed by atoms with Crippen LogP contribution in [-0.4, -0.2) is 55.7 Å². The quantitative estimate of drug-likeness (QED) is 0.690. The van der Waals surface area contributed by atoms with Crippen LogP contribution in [0.25, 0.3) is 0 Å². The first-order valence-corrected chi connectivity index (χ1v) is 6.84. The molecule has 0 aromatic carbocycles. The van der Waals surface area contributed by atoms with Crippen molar-refractivity contribution < 1.29 is 9.53 Å². The largest absolute Gasteiger partial charge is 0.377 e. The van der Waals surface area contributed by atoms with Gasteiger partial charge in [0.2, 0.25) is 5.91 Å². The van der Waals surface area contributed by atoms with Gasteiger partial charge in [0.05, 0.1) is 6.10 Å². The summed E-state index contributed by atoms with van der Waals surface area (Å²) < 4.78 is 5.79. The minimum Gasteiger partial charge on any atom is -0.377 e. The van der Waals surface area contributed by atoms with Crippen molar-refractivity contribution in [3.8, 4) is 0 Å². The van der Waals surface area contributed by atoms with Gasteiger partial charge in [-0.2, -0.15) is 0 Å². The Bertz CT molecular complexity index is 273. The van der Waals surface area contributed by atoms with Gasteiger partial charge in [-0.1, -0.05) is 6.92 Å². The summed E-state index contributed by atoms with van der Waals surface area (Å²) in [5.74, 6) is -0.304. The number of primary amides is 1. The van der Waals surface area contributed by atoms with E-state index in [2.05, 4.69) is 17.1 Å². The number of carbonyl (C=O) groups is 1. The minimum absolute atomic E-state index is 0.299. The lowest BCUT2D eigenvalue weighted by Gasteiger charge is -2.37. The second kappa shape index (κ2) is 7.07. The molecule has 0 aromatic rings. The molecule has 1 aliphatic rings. The molecule has 1 rings (SSSR count). The van der Waals surface area contributed by atoms with E-state index >= 15 is 0 Å². The maximum Gasteiger partial charge on any atom is 0.238 e. The summed E-state index contributed by atoms with van der Waals surface area (Å²) in [5.41, 5.74) is 4.79. The Morgan fingerprint density at radius 1 is 1.61 bits per heavy atom. The Hall–Kier alpha value is -0.650. The Morgan fingerprint density at radius 3 is 2.89 bits per heavy atom. The number of hydrogen-bond acceptors (Lipinski definition) is 4. The lowest BCUT2D eigenvalue weighted by Crippen LogP contribution is -2.59. The molecule has 0 bridgehead atoms. The van der Waals surface area contributed by atoms with Crippen molar-refractivity contribution in [1.29, 1.82) is 0 Å². The fourth-order valence-corrected chi connectivity index (χ4v) is 2.30. The van der Waals surface area contributed by atoms with Gasteiger partial charge in [-0.15, -0.1) is 0 Å². The highest BCUT2D eigenvalue weighted by Gasteiger charge is 2.33. The molecule has 0 radical (unpaired) electrons. The van der Waals surface area contributed by atoms with Crippen LogP contribution in [0.15, 0.2) is 0 Å². The zero-order valence-corrected chi connectivity index (χ0v) is 11.9. The zero-order chi connectivity index (χ0) is 13.6. The van der Waals surface area contributed by atoms with Gasteiger partial charge in [0.25, 0.3) is 0 Å². The number of likely N-dealkylation sites (tertiary alicyclic amines) is 1. The van der Waals surface area contributed by atoms with Crippen molar-refractivity contribution in [2.75, 3.05) is 33.3 Å². The molecule has 0 aromatic heterocycles. The fraction of sp³-hybridized carbons (Fsp3) is 0.923. The van der Waals surface area contributed by atoms with Crippen LogP contribution in [0.5, 0.6) is 0 Å². The van der Waals surface area contributed by atoms with Crippen molar-refractivity contribution in [2.45, 2.75) is 44.8 Å². The molecule has 1 heterocycles. The highest BCUT2D eigenvalue weighted by molar-refractivity contribution is 5.84. The summed E-state index contributed by atoms with van der Waals surface area (Å²) in [6.07, 6.45) is 3.58. The number of ether oxygens (including phenoxy) is 1. The second-order valence-electron chi connectivity index (χ2n) is 5.32. The van der Waals surface area contributed by atoms with E-state index in [1.807, 2.05) is 6.92 Å². The Morgan fingerprint density at radius 2 is 2.33 bits per heavy atom. The van der Waals surface area contributed by atoms with Crippen molar-refractivity contribution in [2.24, 2.45) is 5.73 Å². The van der Waals surface area contributed by atoms with Gasteiger partial charge in [-0.3, -0.25) is 9.69 Å². The van der Waals surface area contributed by atoms with Gasteiger partial charge in [0, 0.05) is 19.7 Å². The molecule has 1 saturated heterocycles. The minimum atomic E-state index is -0.660. The van der Waals surface area contributed by atoms with Crippen LogP contribution in [0.1, 0.15) is 33.1 Å². The van der Waals surface area contributed by atoms with E-state index in [-0.39, 0.29) is 5.91 Å². The topological polar surface area (TPSA) is 67.6 Å². The molecule has 5 nitrogen and oxygen atoms in total. The molecule has 106 valence electrons. The van der Waals surface area contributed by atoms with Crippen molar-refractivity contribution >= 4 is 5.91 Å². The monoisotopic (exact) mass is 257 g/mol. The number of hydrogen-bond donors (Lipinski definition) is 2. The molecular formula is C13H27N3O2. The first-order valence-electron chi connectivity index (χ1n) is 6.84. The lowest BCUT2D eigenvalue weighted by molar-refractivity contribution is -0.124. The Labute approximate surface area is 110 Å². The van der Waals surface area contributed by atoms with E-state index in [9.17, 15) is 4.79 Å². The Balaban J connectivity index is 2.48. The molecule has 18 heavy (non-hydrogen) atoms. The summed E-state index contributed by atoms with van der Waals surface area (Å²) in [6.45, 7) is 7.33. The number of nitrogens with two attached hydrogens (primary N) is 1. The number of rotatable bonds is 7. The van der Waals surface area contributed by atoms with Crippen LogP contribution in [0, 0.1) is 0 Å². The fourth-order valence-electron chi connectivity index (χ4n) is 2.30. The normalized spacial score (nSPS) is 24.7. The molecule has 3 N–H and O–H groups in total. The van der Waals surface area contributed by atoms with E-state index in [1.165, 1.54) is 0 Å². The summed E-state index contributed by atoms with van der Waals surface area (Å²) in [5, 5.41) is 3.03. The van der Waals surface area contributed by atoms with Gasteiger partial charge >= 0.3 is 0 Å². The molecule has 1 fully saturated rings. The van der Waals surface area contributed by atoms with Crippen LogP contribution < -0.4 is 11.1 Å². The number of carbonyl (C=O) groups excluding carboxylic acids is 1. The lowest BCUT2D eigenvalue weighted by atomic mass is 9.99. The van der Waals surface area contributed by atoms with Crippen molar-refractivity contribution in [1.82, 2.24) is 10.2 Å². The second-order valence-corrected chi connectivity index (χ2v) is 5.32. The summed E-state index contributed by atoms with van der Waals surface area (Å²) in [4.78, 5) is 13.8. The average molecular weight is 257 g/mol. The maximum absolute atomic E-state index is 11.5. The van der Waals surface area contributed by atoms with Crippen molar-refractivity contribution in [3.05, 3.63) is 0 Å². The predicted octanol–water partition coefficient (Wildman–Crippen LogP) is 0.341. The Kier molecular flexibility index (Phi) is 6.05. The third kappa shape index (κ3) is 4.23. The first-order chi connectivity index (χ1) is 8.51. The van der Waals surface area contributed by atoms with E-state index < -0.39 is 5.54 Å². The van der Waals surface area contributed by atoms with Gasteiger partial charge in [0.1, 0.15) is 5.54 Å². The smallest absolute Gasteiger partial charge is 0.238 e. The number of likely N-dealkylation sites (N-methyl/N-ethyl adjacent to an activating group) is 1.